The molecule has 1 N–H and O–H groups in total. The number of nitrogens with zero attached hydrogens (tertiary/aromatic N) is 2. The Morgan fingerprint density at radius 2 is 1.83 bits per heavy atom. The quantitative estimate of drug-likeness (QED) is 0.354. The summed E-state index contributed by atoms with van der Waals surface area (Å²) < 4.78 is 46.4. The van der Waals surface area contributed by atoms with E-state index in [1.54, 1.807) is 24.3 Å². The minimum atomic E-state index is -4.58. The SMILES string of the molecule is COCC1(c2ccccc2)CN(CC(=O)Nc2ccc(Br)cc2)N=C1c1ccc(C(F)(F)F)c(Cl)c1. The number of ether oxygens (including phenoxy) is 1. The number of anilines is 1. The average Bonchev–Trinajstić information content (AvgIpc) is 3.19. The zero-order valence-corrected chi connectivity index (χ0v) is 21.5. The maximum Gasteiger partial charge on any atom is 0.417 e. The Hall–Kier alpha value is -2.88. The molecule has 1 atom stereocenters. The minimum absolute atomic E-state index is 0.0633. The second kappa shape index (κ2) is 10.6. The largest absolute Gasteiger partial charge is 0.417 e. The van der Waals surface area contributed by atoms with Crippen LogP contribution in [0, 0.1) is 0 Å². The summed E-state index contributed by atoms with van der Waals surface area (Å²) in [6.07, 6.45) is -4.58. The van der Waals surface area contributed by atoms with E-state index in [1.807, 2.05) is 42.5 Å². The number of carbonyl (C=O) groups excluding carboxylic acids is 1. The molecule has 0 spiro atoms. The summed E-state index contributed by atoms with van der Waals surface area (Å²) in [4.78, 5) is 12.8. The highest BCUT2D eigenvalue weighted by atomic mass is 79.9. The molecule has 36 heavy (non-hydrogen) atoms. The normalized spacial score (nSPS) is 17.7. The maximum absolute atomic E-state index is 13.3. The van der Waals surface area contributed by atoms with Crippen molar-refractivity contribution >= 4 is 44.8 Å². The zero-order valence-electron chi connectivity index (χ0n) is 19.2. The van der Waals surface area contributed by atoms with Crippen LogP contribution in [0.4, 0.5) is 18.9 Å². The van der Waals surface area contributed by atoms with Crippen LogP contribution in [0.25, 0.3) is 0 Å². The van der Waals surface area contributed by atoms with Crippen LogP contribution in [-0.4, -0.2) is 43.4 Å². The van der Waals surface area contributed by atoms with Gasteiger partial charge in [0, 0.05) is 22.8 Å². The van der Waals surface area contributed by atoms with Crippen molar-refractivity contribution in [3.05, 3.63) is 99.0 Å². The fraction of sp³-hybridized carbons (Fsp3) is 0.231. The molecule has 3 aromatic carbocycles. The first-order chi connectivity index (χ1) is 17.1. The average molecular weight is 581 g/mol. The van der Waals surface area contributed by atoms with Gasteiger partial charge >= 0.3 is 6.18 Å². The first-order valence-corrected chi connectivity index (χ1v) is 12.1. The smallest absolute Gasteiger partial charge is 0.383 e. The number of methoxy groups -OCH3 is 1. The van der Waals surface area contributed by atoms with Gasteiger partial charge < -0.3 is 10.1 Å². The molecule has 1 unspecified atom stereocenters. The van der Waals surface area contributed by atoms with Crippen LogP contribution in [-0.2, 0) is 21.1 Å². The Morgan fingerprint density at radius 1 is 1.14 bits per heavy atom. The van der Waals surface area contributed by atoms with Gasteiger partial charge in [0.25, 0.3) is 0 Å². The predicted octanol–water partition coefficient (Wildman–Crippen LogP) is 6.36. The number of rotatable bonds is 7. The molecule has 3 aromatic rings. The molecule has 0 bridgehead atoms. The number of nitrogens with one attached hydrogen (secondary N) is 1. The lowest BCUT2D eigenvalue weighted by Gasteiger charge is -2.31. The van der Waals surface area contributed by atoms with E-state index in [-0.39, 0.29) is 25.6 Å². The fourth-order valence-electron chi connectivity index (χ4n) is 4.30. The number of carbonyl (C=O) groups is 1. The summed E-state index contributed by atoms with van der Waals surface area (Å²) in [5.74, 6) is -0.285. The van der Waals surface area contributed by atoms with Crippen molar-refractivity contribution in [3.63, 3.8) is 0 Å². The molecule has 10 heteroatoms. The van der Waals surface area contributed by atoms with Crippen molar-refractivity contribution in [2.75, 3.05) is 32.1 Å². The number of benzene rings is 3. The van der Waals surface area contributed by atoms with Gasteiger partial charge in [-0.1, -0.05) is 63.9 Å². The van der Waals surface area contributed by atoms with Crippen molar-refractivity contribution in [3.8, 4) is 0 Å². The molecule has 0 fully saturated rings. The van der Waals surface area contributed by atoms with Gasteiger partial charge in [-0.25, -0.2) is 0 Å². The van der Waals surface area contributed by atoms with Gasteiger partial charge in [0.2, 0.25) is 5.91 Å². The summed E-state index contributed by atoms with van der Waals surface area (Å²) in [5.41, 5.74) is 0.628. The van der Waals surface area contributed by atoms with Crippen molar-refractivity contribution in [1.29, 1.82) is 0 Å². The lowest BCUT2D eigenvalue weighted by Crippen LogP contribution is -2.44. The third-order valence-corrected chi connectivity index (χ3v) is 6.71. The van der Waals surface area contributed by atoms with E-state index in [4.69, 9.17) is 21.4 Å². The molecule has 1 aliphatic rings. The summed E-state index contributed by atoms with van der Waals surface area (Å²) in [7, 11) is 1.55. The topological polar surface area (TPSA) is 53.9 Å². The Balaban J connectivity index is 1.70. The van der Waals surface area contributed by atoms with Gasteiger partial charge in [0.05, 0.1) is 34.9 Å². The summed E-state index contributed by atoms with van der Waals surface area (Å²) in [6, 6.07) is 20.2. The third-order valence-electron chi connectivity index (χ3n) is 5.87. The molecule has 4 rings (SSSR count). The van der Waals surface area contributed by atoms with Crippen LogP contribution in [0.2, 0.25) is 5.02 Å². The molecule has 0 aromatic heterocycles. The van der Waals surface area contributed by atoms with E-state index in [9.17, 15) is 18.0 Å². The predicted molar refractivity (Wildman–Crippen MR) is 137 cm³/mol. The van der Waals surface area contributed by atoms with Crippen molar-refractivity contribution in [2.24, 2.45) is 5.10 Å². The summed E-state index contributed by atoms with van der Waals surface area (Å²) in [6.45, 7) is 0.415. The van der Waals surface area contributed by atoms with Crippen molar-refractivity contribution < 1.29 is 22.7 Å². The number of amides is 1. The Kier molecular flexibility index (Phi) is 7.73. The number of hydrazone groups is 1. The molecule has 1 aliphatic heterocycles. The molecular formula is C26H22BrClF3N3O2. The van der Waals surface area contributed by atoms with Crippen LogP contribution in [0.3, 0.4) is 0 Å². The summed E-state index contributed by atoms with van der Waals surface area (Å²) >= 11 is 9.40. The maximum atomic E-state index is 13.3. The highest BCUT2D eigenvalue weighted by Gasteiger charge is 2.46. The Morgan fingerprint density at radius 3 is 2.44 bits per heavy atom. The number of halogens is 5. The van der Waals surface area contributed by atoms with Crippen LogP contribution in [0.1, 0.15) is 16.7 Å². The van der Waals surface area contributed by atoms with Crippen molar-refractivity contribution in [1.82, 2.24) is 5.01 Å². The summed E-state index contributed by atoms with van der Waals surface area (Å²) in [5, 5.41) is 8.71. The Bertz CT molecular complexity index is 1270. The Labute approximate surface area is 220 Å². The van der Waals surface area contributed by atoms with E-state index >= 15 is 0 Å². The number of hydrogen-bond donors (Lipinski definition) is 1. The van der Waals surface area contributed by atoms with Gasteiger partial charge in [0.15, 0.2) is 0 Å². The van der Waals surface area contributed by atoms with E-state index < -0.39 is 22.2 Å². The zero-order chi connectivity index (χ0) is 25.9. The molecule has 1 amide bonds. The molecule has 0 saturated heterocycles. The van der Waals surface area contributed by atoms with E-state index in [0.29, 0.717) is 17.0 Å². The molecule has 0 radical (unpaired) electrons. The molecule has 0 aliphatic carbocycles. The monoisotopic (exact) mass is 579 g/mol. The number of hydrogen-bond acceptors (Lipinski definition) is 4. The van der Waals surface area contributed by atoms with E-state index in [1.165, 1.54) is 12.1 Å². The van der Waals surface area contributed by atoms with Gasteiger partial charge in [-0.2, -0.15) is 18.3 Å². The van der Waals surface area contributed by atoms with Crippen LogP contribution < -0.4 is 5.32 Å². The second-order valence-corrected chi connectivity index (χ2v) is 9.72. The lowest BCUT2D eigenvalue weighted by molar-refractivity contribution is -0.137. The first-order valence-electron chi connectivity index (χ1n) is 10.9. The second-order valence-electron chi connectivity index (χ2n) is 8.40. The van der Waals surface area contributed by atoms with Crippen LogP contribution in [0.5, 0.6) is 0 Å². The minimum Gasteiger partial charge on any atom is -0.383 e. The molecule has 0 saturated carbocycles. The lowest BCUT2D eigenvalue weighted by atomic mass is 9.75. The van der Waals surface area contributed by atoms with Crippen LogP contribution >= 0.6 is 27.5 Å². The third kappa shape index (κ3) is 5.58. The standard InChI is InChI=1S/C26H22BrClF3N3O2/c1-36-16-25(18-5-3-2-4-6-18)15-34(14-23(35)32-20-10-8-19(27)9-11-20)33-24(25)17-7-12-21(22(28)13-17)26(29,30)31/h2-13H,14-16H2,1H3,(H,32,35). The molecule has 188 valence electrons. The number of alkyl halides is 3. The molecular weight excluding hydrogens is 559 g/mol. The van der Waals surface area contributed by atoms with Crippen LogP contribution in [0.15, 0.2) is 82.4 Å². The molecule has 5 nitrogen and oxygen atoms in total. The highest BCUT2D eigenvalue weighted by molar-refractivity contribution is 9.10. The van der Waals surface area contributed by atoms with E-state index in [2.05, 4.69) is 21.2 Å². The van der Waals surface area contributed by atoms with Crippen molar-refractivity contribution in [2.45, 2.75) is 11.6 Å². The highest BCUT2D eigenvalue weighted by Crippen LogP contribution is 2.39. The molecule has 1 heterocycles. The van der Waals surface area contributed by atoms with E-state index in [0.717, 1.165) is 16.1 Å². The van der Waals surface area contributed by atoms with Gasteiger partial charge in [-0.05, 0) is 42.0 Å². The fourth-order valence-corrected chi connectivity index (χ4v) is 4.86. The van der Waals surface area contributed by atoms with Gasteiger partial charge in [-0.15, -0.1) is 0 Å². The first kappa shape index (κ1) is 26.2. The van der Waals surface area contributed by atoms with Gasteiger partial charge in [0.1, 0.15) is 6.54 Å². The van der Waals surface area contributed by atoms with Gasteiger partial charge in [-0.3, -0.25) is 9.80 Å².